The van der Waals surface area contributed by atoms with Crippen LogP contribution in [0.15, 0.2) is 36.7 Å². The standard InChI is InChI=1S/C17H22FN3O2/c1-17(2,3)21-12-14(11-19-21)20-16(22)8-5-9-23-15-7-4-6-13(18)10-15/h4,6-7,10-12H,5,8-9H2,1-3H3,(H,20,22). The SMILES string of the molecule is CC(C)(C)n1cc(NC(=O)CCCOc2cccc(F)c2)cn1. The molecule has 1 N–H and O–H groups in total. The molecule has 1 aromatic carbocycles. The minimum atomic E-state index is -0.337. The first-order valence-electron chi connectivity index (χ1n) is 7.58. The maximum Gasteiger partial charge on any atom is 0.224 e. The molecule has 2 aromatic rings. The van der Waals surface area contributed by atoms with Crippen LogP contribution in [0.2, 0.25) is 0 Å². The van der Waals surface area contributed by atoms with Crippen molar-refractivity contribution in [1.82, 2.24) is 9.78 Å². The molecule has 0 aliphatic rings. The fourth-order valence-corrected chi connectivity index (χ4v) is 1.96. The predicted octanol–water partition coefficient (Wildman–Crippen LogP) is 3.57. The van der Waals surface area contributed by atoms with Crippen LogP contribution < -0.4 is 10.1 Å². The average Bonchev–Trinajstić information content (AvgIpc) is 2.92. The van der Waals surface area contributed by atoms with E-state index in [9.17, 15) is 9.18 Å². The van der Waals surface area contributed by atoms with E-state index in [0.717, 1.165) is 0 Å². The molecule has 6 heteroatoms. The third-order valence-electron chi connectivity index (χ3n) is 3.17. The molecular formula is C17H22FN3O2. The summed E-state index contributed by atoms with van der Waals surface area (Å²) in [4.78, 5) is 11.9. The van der Waals surface area contributed by atoms with Crippen LogP contribution in [0.3, 0.4) is 0 Å². The second kappa shape index (κ2) is 7.26. The molecule has 23 heavy (non-hydrogen) atoms. The second-order valence-electron chi connectivity index (χ2n) is 6.30. The number of aromatic nitrogens is 2. The summed E-state index contributed by atoms with van der Waals surface area (Å²) in [7, 11) is 0. The van der Waals surface area contributed by atoms with E-state index in [0.29, 0.717) is 30.9 Å². The lowest BCUT2D eigenvalue weighted by Gasteiger charge is -2.18. The Balaban J connectivity index is 1.72. The summed E-state index contributed by atoms with van der Waals surface area (Å²) in [6.45, 7) is 6.47. The van der Waals surface area contributed by atoms with Gasteiger partial charge in [-0.25, -0.2) is 4.39 Å². The lowest BCUT2D eigenvalue weighted by atomic mass is 10.1. The minimum Gasteiger partial charge on any atom is -0.493 e. The molecular weight excluding hydrogens is 297 g/mol. The first kappa shape index (κ1) is 17.0. The van der Waals surface area contributed by atoms with E-state index < -0.39 is 0 Å². The third kappa shape index (κ3) is 5.39. The zero-order chi connectivity index (χ0) is 16.9. The number of ether oxygens (including phenoxy) is 1. The lowest BCUT2D eigenvalue weighted by Crippen LogP contribution is -2.22. The molecule has 0 radical (unpaired) electrons. The van der Waals surface area contributed by atoms with Crippen molar-refractivity contribution in [3.05, 3.63) is 42.5 Å². The van der Waals surface area contributed by atoms with Crippen LogP contribution in [0.25, 0.3) is 0 Å². The van der Waals surface area contributed by atoms with Crippen molar-refractivity contribution in [3.8, 4) is 5.75 Å². The number of halogens is 1. The third-order valence-corrected chi connectivity index (χ3v) is 3.17. The van der Waals surface area contributed by atoms with Crippen molar-refractivity contribution in [2.75, 3.05) is 11.9 Å². The smallest absolute Gasteiger partial charge is 0.224 e. The number of rotatable bonds is 6. The van der Waals surface area contributed by atoms with Crippen LogP contribution in [-0.4, -0.2) is 22.3 Å². The van der Waals surface area contributed by atoms with E-state index in [4.69, 9.17) is 4.74 Å². The number of benzene rings is 1. The number of nitrogens with zero attached hydrogens (tertiary/aromatic N) is 2. The van der Waals surface area contributed by atoms with Gasteiger partial charge in [0, 0.05) is 18.7 Å². The largest absolute Gasteiger partial charge is 0.493 e. The number of amides is 1. The van der Waals surface area contributed by atoms with Gasteiger partial charge in [-0.05, 0) is 39.3 Å². The Morgan fingerprint density at radius 1 is 1.39 bits per heavy atom. The van der Waals surface area contributed by atoms with Crippen LogP contribution in [0.4, 0.5) is 10.1 Å². The molecule has 5 nitrogen and oxygen atoms in total. The summed E-state index contributed by atoms with van der Waals surface area (Å²) in [5, 5.41) is 7.03. The summed E-state index contributed by atoms with van der Waals surface area (Å²) in [5.41, 5.74) is 0.554. The van der Waals surface area contributed by atoms with Crippen LogP contribution in [0.1, 0.15) is 33.6 Å². The number of anilines is 1. The first-order chi connectivity index (χ1) is 10.8. The highest BCUT2D eigenvalue weighted by atomic mass is 19.1. The molecule has 0 atom stereocenters. The number of nitrogens with one attached hydrogen (secondary N) is 1. The van der Waals surface area contributed by atoms with Crippen molar-refractivity contribution in [3.63, 3.8) is 0 Å². The van der Waals surface area contributed by atoms with Crippen molar-refractivity contribution in [1.29, 1.82) is 0 Å². The molecule has 1 heterocycles. The zero-order valence-electron chi connectivity index (χ0n) is 13.7. The Morgan fingerprint density at radius 3 is 2.83 bits per heavy atom. The van der Waals surface area contributed by atoms with Crippen molar-refractivity contribution < 1.29 is 13.9 Å². The normalized spacial score (nSPS) is 11.3. The van der Waals surface area contributed by atoms with Crippen molar-refractivity contribution in [2.45, 2.75) is 39.2 Å². The van der Waals surface area contributed by atoms with Crippen LogP contribution >= 0.6 is 0 Å². The Bertz CT molecular complexity index is 662. The number of carbonyl (C=O) groups excluding carboxylic acids is 1. The van der Waals surface area contributed by atoms with E-state index in [2.05, 4.69) is 10.4 Å². The molecule has 1 aromatic heterocycles. The first-order valence-corrected chi connectivity index (χ1v) is 7.58. The maximum absolute atomic E-state index is 13.0. The molecule has 0 bridgehead atoms. The van der Waals surface area contributed by atoms with Crippen molar-refractivity contribution >= 4 is 11.6 Å². The van der Waals surface area contributed by atoms with Gasteiger partial charge in [-0.2, -0.15) is 5.10 Å². The van der Waals surface area contributed by atoms with Gasteiger partial charge in [0.05, 0.1) is 24.0 Å². The highest BCUT2D eigenvalue weighted by molar-refractivity contribution is 5.90. The molecule has 0 aliphatic carbocycles. The summed E-state index contributed by atoms with van der Waals surface area (Å²) in [6, 6.07) is 5.95. The molecule has 0 fully saturated rings. The van der Waals surface area contributed by atoms with Crippen LogP contribution in [0.5, 0.6) is 5.75 Å². The van der Waals surface area contributed by atoms with Crippen molar-refractivity contribution in [2.24, 2.45) is 0 Å². The molecule has 0 aliphatic heterocycles. The van der Waals surface area contributed by atoms with Gasteiger partial charge in [0.1, 0.15) is 11.6 Å². The molecule has 0 saturated carbocycles. The summed E-state index contributed by atoms with van der Waals surface area (Å²) >= 11 is 0. The molecule has 0 spiro atoms. The zero-order valence-corrected chi connectivity index (χ0v) is 13.7. The van der Waals surface area contributed by atoms with E-state index in [1.807, 2.05) is 20.8 Å². The monoisotopic (exact) mass is 319 g/mol. The van der Waals surface area contributed by atoms with Crippen LogP contribution in [-0.2, 0) is 10.3 Å². The fourth-order valence-electron chi connectivity index (χ4n) is 1.96. The topological polar surface area (TPSA) is 56.2 Å². The molecule has 124 valence electrons. The maximum atomic E-state index is 13.0. The van der Waals surface area contributed by atoms with E-state index in [1.54, 1.807) is 29.2 Å². The number of carbonyl (C=O) groups is 1. The quantitative estimate of drug-likeness (QED) is 0.828. The van der Waals surface area contributed by atoms with Gasteiger partial charge in [0.25, 0.3) is 0 Å². The van der Waals surface area contributed by atoms with Gasteiger partial charge in [-0.15, -0.1) is 0 Å². The minimum absolute atomic E-state index is 0.0960. The van der Waals surface area contributed by atoms with Gasteiger partial charge in [0.2, 0.25) is 5.91 Å². The van der Waals surface area contributed by atoms with Gasteiger partial charge in [-0.3, -0.25) is 9.48 Å². The van der Waals surface area contributed by atoms with Gasteiger partial charge >= 0.3 is 0 Å². The summed E-state index contributed by atoms with van der Waals surface area (Å²) < 4.78 is 20.2. The van der Waals surface area contributed by atoms with E-state index >= 15 is 0 Å². The highest BCUT2D eigenvalue weighted by Crippen LogP contribution is 2.16. The molecule has 1 amide bonds. The molecule has 0 unspecified atom stereocenters. The number of hydrogen-bond donors (Lipinski definition) is 1. The average molecular weight is 319 g/mol. The summed E-state index contributed by atoms with van der Waals surface area (Å²) in [6.07, 6.45) is 4.32. The summed E-state index contributed by atoms with van der Waals surface area (Å²) in [5.74, 6) is 0.0364. The lowest BCUT2D eigenvalue weighted by molar-refractivity contribution is -0.116. The second-order valence-corrected chi connectivity index (χ2v) is 6.30. The Kier molecular flexibility index (Phi) is 5.36. The Morgan fingerprint density at radius 2 is 2.17 bits per heavy atom. The number of hydrogen-bond acceptors (Lipinski definition) is 3. The fraction of sp³-hybridized carbons (Fsp3) is 0.412. The Hall–Kier alpha value is -2.37. The van der Waals surface area contributed by atoms with Crippen LogP contribution in [0, 0.1) is 5.82 Å². The van der Waals surface area contributed by atoms with Gasteiger partial charge in [0.15, 0.2) is 0 Å². The molecule has 2 rings (SSSR count). The van der Waals surface area contributed by atoms with E-state index in [1.165, 1.54) is 12.1 Å². The highest BCUT2D eigenvalue weighted by Gasteiger charge is 2.14. The Labute approximate surface area is 135 Å². The predicted molar refractivity (Wildman–Crippen MR) is 87.0 cm³/mol. The van der Waals surface area contributed by atoms with E-state index in [-0.39, 0.29) is 17.3 Å². The van der Waals surface area contributed by atoms with Gasteiger partial charge in [-0.1, -0.05) is 6.07 Å². The van der Waals surface area contributed by atoms with Gasteiger partial charge < -0.3 is 10.1 Å². The molecule has 0 saturated heterocycles.